The molecule has 0 aliphatic heterocycles. The van der Waals surface area contributed by atoms with E-state index in [-0.39, 0.29) is 12.0 Å². The van der Waals surface area contributed by atoms with Gasteiger partial charge in [0.2, 0.25) is 0 Å². The molecule has 1 fully saturated rings. The van der Waals surface area contributed by atoms with E-state index in [0.717, 1.165) is 36.0 Å². The summed E-state index contributed by atoms with van der Waals surface area (Å²) >= 11 is 0. The first kappa shape index (κ1) is 18.0. The summed E-state index contributed by atoms with van der Waals surface area (Å²) in [5, 5.41) is 10.3. The van der Waals surface area contributed by atoms with Crippen molar-refractivity contribution in [2.75, 3.05) is 6.61 Å². The molecule has 2 atom stereocenters. The van der Waals surface area contributed by atoms with Crippen molar-refractivity contribution >= 4 is 0 Å². The maximum Gasteiger partial charge on any atom is 0.143 e. The minimum atomic E-state index is -0.688. The van der Waals surface area contributed by atoms with Crippen LogP contribution in [-0.4, -0.2) is 17.8 Å². The second-order valence-corrected chi connectivity index (χ2v) is 7.35. The summed E-state index contributed by atoms with van der Waals surface area (Å²) in [7, 11) is 0. The molecular weight excluding hydrogens is 332 g/mol. The largest absolute Gasteiger partial charge is 0.393 e. The maximum atomic E-state index is 10.3. The van der Waals surface area contributed by atoms with Gasteiger partial charge in [-0.05, 0) is 29.5 Å². The van der Waals surface area contributed by atoms with E-state index in [1.165, 1.54) is 0 Å². The monoisotopic (exact) mass is 358 g/mol. The highest BCUT2D eigenvalue weighted by Crippen LogP contribution is 2.41. The van der Waals surface area contributed by atoms with Gasteiger partial charge in [-0.25, -0.2) is 0 Å². The van der Waals surface area contributed by atoms with Gasteiger partial charge in [0.15, 0.2) is 0 Å². The molecule has 2 unspecified atom stereocenters. The number of ether oxygens (including phenoxy) is 1. The standard InChI is InChI=1S/C25H26O2/c26-24-18-10-11-20(24)19-27-25(21-12-4-1-5-13-21,22-14-6-2-7-15-22)23-16-8-3-9-17-23/h1-9,12-17,20,24,26H,10-11,18-19H2. The average molecular weight is 358 g/mol. The zero-order chi connectivity index (χ0) is 18.5. The lowest BCUT2D eigenvalue weighted by Gasteiger charge is -2.37. The van der Waals surface area contributed by atoms with Crippen molar-refractivity contribution in [2.45, 2.75) is 31.0 Å². The van der Waals surface area contributed by atoms with E-state index in [9.17, 15) is 5.11 Å². The number of benzene rings is 3. The molecule has 3 aromatic rings. The third kappa shape index (κ3) is 3.55. The van der Waals surface area contributed by atoms with Gasteiger partial charge in [0.25, 0.3) is 0 Å². The van der Waals surface area contributed by atoms with Crippen LogP contribution < -0.4 is 0 Å². The van der Waals surface area contributed by atoms with Crippen LogP contribution in [0.1, 0.15) is 36.0 Å². The quantitative estimate of drug-likeness (QED) is 0.617. The third-order valence-electron chi connectivity index (χ3n) is 5.67. The lowest BCUT2D eigenvalue weighted by atomic mass is 9.80. The number of aliphatic hydroxyl groups excluding tert-OH is 1. The van der Waals surface area contributed by atoms with Crippen molar-refractivity contribution in [1.29, 1.82) is 0 Å². The van der Waals surface area contributed by atoms with Gasteiger partial charge in [0.05, 0.1) is 12.7 Å². The molecule has 2 nitrogen and oxygen atoms in total. The van der Waals surface area contributed by atoms with Crippen LogP contribution in [0.15, 0.2) is 91.0 Å². The van der Waals surface area contributed by atoms with Crippen molar-refractivity contribution in [1.82, 2.24) is 0 Å². The van der Waals surface area contributed by atoms with Crippen LogP contribution in [0.2, 0.25) is 0 Å². The van der Waals surface area contributed by atoms with Crippen molar-refractivity contribution in [3.05, 3.63) is 108 Å². The molecule has 0 spiro atoms. The number of aliphatic hydroxyl groups is 1. The summed E-state index contributed by atoms with van der Waals surface area (Å²) in [5.74, 6) is 0.195. The molecule has 3 aromatic carbocycles. The van der Waals surface area contributed by atoms with Crippen LogP contribution in [0.25, 0.3) is 0 Å². The fourth-order valence-corrected chi connectivity index (χ4v) is 4.21. The molecule has 0 aromatic heterocycles. The summed E-state index contributed by atoms with van der Waals surface area (Å²) in [6.07, 6.45) is 2.72. The minimum Gasteiger partial charge on any atom is -0.393 e. The maximum absolute atomic E-state index is 10.3. The first-order valence-electron chi connectivity index (χ1n) is 9.79. The predicted molar refractivity (Wildman–Crippen MR) is 109 cm³/mol. The zero-order valence-corrected chi connectivity index (χ0v) is 15.5. The Hall–Kier alpha value is -2.42. The molecule has 0 bridgehead atoms. The fourth-order valence-electron chi connectivity index (χ4n) is 4.21. The molecule has 1 N–H and O–H groups in total. The molecule has 0 heterocycles. The number of hydrogen-bond donors (Lipinski definition) is 1. The van der Waals surface area contributed by atoms with Crippen LogP contribution in [-0.2, 0) is 10.3 Å². The van der Waals surface area contributed by atoms with Crippen LogP contribution in [0, 0.1) is 5.92 Å². The molecule has 0 amide bonds. The summed E-state index contributed by atoms with van der Waals surface area (Å²) in [6, 6.07) is 31.2. The van der Waals surface area contributed by atoms with Crippen LogP contribution in [0.4, 0.5) is 0 Å². The van der Waals surface area contributed by atoms with Gasteiger partial charge >= 0.3 is 0 Å². The van der Waals surface area contributed by atoms with Crippen molar-refractivity contribution in [3.63, 3.8) is 0 Å². The van der Waals surface area contributed by atoms with Gasteiger partial charge in [-0.1, -0.05) is 97.4 Å². The van der Waals surface area contributed by atoms with Crippen molar-refractivity contribution < 1.29 is 9.84 Å². The van der Waals surface area contributed by atoms with E-state index in [4.69, 9.17) is 4.74 Å². The Bertz CT molecular complexity index is 733. The Kier molecular flexibility index (Phi) is 5.38. The molecule has 4 rings (SSSR count). The summed E-state index contributed by atoms with van der Waals surface area (Å²) < 4.78 is 6.78. The number of hydrogen-bond acceptors (Lipinski definition) is 2. The van der Waals surface area contributed by atoms with Gasteiger partial charge < -0.3 is 9.84 Å². The molecule has 1 aliphatic carbocycles. The number of rotatable bonds is 6. The Morgan fingerprint density at radius 3 is 1.52 bits per heavy atom. The highest BCUT2D eigenvalue weighted by molar-refractivity contribution is 5.47. The summed E-state index contributed by atoms with van der Waals surface area (Å²) in [6.45, 7) is 0.542. The lowest BCUT2D eigenvalue weighted by Crippen LogP contribution is -2.35. The van der Waals surface area contributed by atoms with E-state index in [1.807, 2.05) is 18.2 Å². The van der Waals surface area contributed by atoms with E-state index in [0.29, 0.717) is 6.61 Å². The van der Waals surface area contributed by atoms with Crippen molar-refractivity contribution in [2.24, 2.45) is 5.92 Å². The van der Waals surface area contributed by atoms with E-state index < -0.39 is 5.60 Å². The normalized spacial score (nSPS) is 19.9. The van der Waals surface area contributed by atoms with Gasteiger partial charge in [0, 0.05) is 5.92 Å². The van der Waals surface area contributed by atoms with Gasteiger partial charge in [-0.15, -0.1) is 0 Å². The zero-order valence-electron chi connectivity index (χ0n) is 15.5. The summed E-state index contributed by atoms with van der Waals surface area (Å²) in [4.78, 5) is 0. The Labute approximate surface area is 161 Å². The predicted octanol–water partition coefficient (Wildman–Crippen LogP) is 5.16. The van der Waals surface area contributed by atoms with Crippen LogP contribution in [0.3, 0.4) is 0 Å². The average Bonchev–Trinajstić information content (AvgIpc) is 3.16. The molecular formula is C25H26O2. The summed E-state index contributed by atoms with van der Waals surface area (Å²) in [5.41, 5.74) is 2.63. The first-order chi connectivity index (χ1) is 13.3. The second-order valence-electron chi connectivity index (χ2n) is 7.35. The Morgan fingerprint density at radius 2 is 1.15 bits per heavy atom. The van der Waals surface area contributed by atoms with Gasteiger partial charge in [-0.3, -0.25) is 0 Å². The topological polar surface area (TPSA) is 29.5 Å². The lowest BCUT2D eigenvalue weighted by molar-refractivity contribution is -0.0295. The Morgan fingerprint density at radius 1 is 0.704 bits per heavy atom. The molecule has 0 saturated heterocycles. The third-order valence-corrected chi connectivity index (χ3v) is 5.67. The highest BCUT2D eigenvalue weighted by Gasteiger charge is 2.39. The fraction of sp³-hybridized carbons (Fsp3) is 0.280. The van der Waals surface area contributed by atoms with Crippen LogP contribution >= 0.6 is 0 Å². The van der Waals surface area contributed by atoms with E-state index in [1.54, 1.807) is 0 Å². The van der Waals surface area contributed by atoms with E-state index >= 15 is 0 Å². The van der Waals surface area contributed by atoms with Crippen molar-refractivity contribution in [3.8, 4) is 0 Å². The minimum absolute atomic E-state index is 0.195. The SMILES string of the molecule is OC1CCCC1COC(c1ccccc1)(c1ccccc1)c1ccccc1. The molecule has 0 radical (unpaired) electrons. The van der Waals surface area contributed by atoms with Gasteiger partial charge in [-0.2, -0.15) is 0 Å². The first-order valence-corrected chi connectivity index (χ1v) is 9.79. The molecule has 1 aliphatic rings. The molecule has 27 heavy (non-hydrogen) atoms. The molecule has 138 valence electrons. The molecule has 1 saturated carbocycles. The second kappa shape index (κ2) is 8.08. The van der Waals surface area contributed by atoms with E-state index in [2.05, 4.69) is 72.8 Å². The van der Waals surface area contributed by atoms with Gasteiger partial charge in [0.1, 0.15) is 5.60 Å². The smallest absolute Gasteiger partial charge is 0.143 e. The molecule has 2 heteroatoms. The Balaban J connectivity index is 1.84. The highest BCUT2D eigenvalue weighted by atomic mass is 16.5. The van der Waals surface area contributed by atoms with Crippen LogP contribution in [0.5, 0.6) is 0 Å².